The van der Waals surface area contributed by atoms with Crippen LogP contribution in [0.25, 0.3) is 0 Å². The third-order valence-corrected chi connectivity index (χ3v) is 5.07. The van der Waals surface area contributed by atoms with E-state index >= 15 is 0 Å². The minimum absolute atomic E-state index is 0.219. The van der Waals surface area contributed by atoms with Crippen LogP contribution < -0.4 is 10.6 Å². The lowest BCUT2D eigenvalue weighted by Crippen LogP contribution is -2.34. The summed E-state index contributed by atoms with van der Waals surface area (Å²) in [5.74, 6) is -0.219. The van der Waals surface area contributed by atoms with Gasteiger partial charge in [-0.25, -0.2) is 0 Å². The van der Waals surface area contributed by atoms with E-state index in [2.05, 4.69) is 20.8 Å². The topological polar surface area (TPSA) is 69.8 Å². The summed E-state index contributed by atoms with van der Waals surface area (Å²) in [7, 11) is 0. The van der Waals surface area contributed by atoms with E-state index in [1.807, 2.05) is 64.1 Å². The van der Waals surface area contributed by atoms with Crippen LogP contribution in [0.4, 0.5) is 5.69 Å². The molecule has 0 radical (unpaired) electrons. The lowest BCUT2D eigenvalue weighted by molar-refractivity contribution is 0.0977. The Morgan fingerprint density at radius 2 is 1.75 bits per heavy atom. The van der Waals surface area contributed by atoms with Gasteiger partial charge in [0.25, 0.3) is 5.91 Å². The Labute approximate surface area is 170 Å². The van der Waals surface area contributed by atoms with E-state index in [0.29, 0.717) is 5.56 Å². The molecule has 0 atom stereocenters. The number of hydrogen-bond acceptors (Lipinski definition) is 3. The molecule has 0 bridgehead atoms. The van der Waals surface area contributed by atoms with Gasteiger partial charge in [-0.1, -0.05) is 18.2 Å². The first-order valence-corrected chi connectivity index (χ1v) is 9.53. The second-order valence-electron chi connectivity index (χ2n) is 6.99. The van der Waals surface area contributed by atoms with Gasteiger partial charge in [0.15, 0.2) is 5.11 Å². The molecule has 3 rings (SSSR count). The molecule has 0 aliphatic carbocycles. The maximum atomic E-state index is 12.4. The Hall–Kier alpha value is -2.99. The molecule has 2 aromatic carbocycles. The number of aromatic nitrogens is 2. The van der Waals surface area contributed by atoms with E-state index in [-0.39, 0.29) is 11.0 Å². The Balaban J connectivity index is 1.59. The molecule has 0 aliphatic rings. The number of aromatic amines is 1. The molecule has 144 valence electrons. The number of benzene rings is 2. The van der Waals surface area contributed by atoms with Crippen molar-refractivity contribution >= 4 is 28.9 Å². The van der Waals surface area contributed by atoms with Crippen molar-refractivity contribution < 1.29 is 4.79 Å². The minimum atomic E-state index is -0.219. The Kier molecular flexibility index (Phi) is 5.90. The van der Waals surface area contributed by atoms with Crippen molar-refractivity contribution in [3.8, 4) is 0 Å². The lowest BCUT2D eigenvalue weighted by Gasteiger charge is -2.11. The molecule has 0 unspecified atom stereocenters. The summed E-state index contributed by atoms with van der Waals surface area (Å²) < 4.78 is 0. The highest BCUT2D eigenvalue weighted by atomic mass is 32.1. The number of rotatable bonds is 4. The van der Waals surface area contributed by atoms with Gasteiger partial charge in [-0.15, -0.1) is 0 Å². The Bertz CT molecular complexity index is 1000. The summed E-state index contributed by atoms with van der Waals surface area (Å²) in [4.78, 5) is 12.4. The largest absolute Gasteiger partial charge is 0.332 e. The van der Waals surface area contributed by atoms with Gasteiger partial charge in [-0.2, -0.15) is 5.10 Å². The number of carbonyl (C=O) groups excluding carboxylic acids is 1. The molecule has 5 nitrogen and oxygen atoms in total. The fraction of sp³-hybridized carbons (Fsp3) is 0.227. The highest BCUT2D eigenvalue weighted by Gasteiger charge is 2.10. The van der Waals surface area contributed by atoms with Crippen molar-refractivity contribution in [3.63, 3.8) is 0 Å². The predicted molar refractivity (Wildman–Crippen MR) is 117 cm³/mol. The van der Waals surface area contributed by atoms with Gasteiger partial charge in [0.1, 0.15) is 0 Å². The quantitative estimate of drug-likeness (QED) is 0.577. The normalized spacial score (nSPS) is 10.6. The van der Waals surface area contributed by atoms with E-state index in [0.717, 1.165) is 34.6 Å². The lowest BCUT2D eigenvalue weighted by atomic mass is 10.0. The van der Waals surface area contributed by atoms with E-state index in [4.69, 9.17) is 12.2 Å². The molecule has 1 heterocycles. The zero-order valence-corrected chi connectivity index (χ0v) is 17.3. The number of nitrogens with one attached hydrogen (secondary N) is 3. The van der Waals surface area contributed by atoms with Crippen molar-refractivity contribution in [1.29, 1.82) is 0 Å². The van der Waals surface area contributed by atoms with Crippen molar-refractivity contribution in [2.45, 2.75) is 34.1 Å². The molecule has 3 N–H and O–H groups in total. The van der Waals surface area contributed by atoms with Gasteiger partial charge < -0.3 is 5.32 Å². The molecule has 0 saturated carbocycles. The van der Waals surface area contributed by atoms with E-state index < -0.39 is 0 Å². The fourth-order valence-electron chi connectivity index (χ4n) is 2.96. The Morgan fingerprint density at radius 3 is 2.36 bits per heavy atom. The molecule has 0 spiro atoms. The molecule has 1 amide bonds. The van der Waals surface area contributed by atoms with Crippen LogP contribution in [0.3, 0.4) is 0 Å². The average molecular weight is 393 g/mol. The molecular formula is C22H24N4OS. The molecule has 0 aliphatic heterocycles. The first-order chi connectivity index (χ1) is 13.3. The standard InChI is InChI=1S/C22H24N4OS/c1-13-5-8-18(11-14(13)2)21(27)24-22(28)23-19-9-6-17(7-10-19)12-20-15(3)25-26-16(20)4/h5-11H,12H2,1-4H3,(H,25,26)(H2,23,24,27,28). The summed E-state index contributed by atoms with van der Waals surface area (Å²) in [6.45, 7) is 8.03. The number of aryl methyl sites for hydroxylation is 4. The average Bonchev–Trinajstić information content (AvgIpc) is 2.97. The summed E-state index contributed by atoms with van der Waals surface area (Å²) in [6.07, 6.45) is 0.822. The van der Waals surface area contributed by atoms with E-state index in [9.17, 15) is 4.79 Å². The number of H-pyrrole nitrogens is 1. The summed E-state index contributed by atoms with van der Waals surface area (Å²) >= 11 is 5.28. The zero-order valence-electron chi connectivity index (χ0n) is 16.5. The van der Waals surface area contributed by atoms with Crippen LogP contribution in [-0.2, 0) is 6.42 Å². The maximum absolute atomic E-state index is 12.4. The molecular weight excluding hydrogens is 368 g/mol. The highest BCUT2D eigenvalue weighted by Crippen LogP contribution is 2.17. The number of carbonyl (C=O) groups is 1. The van der Waals surface area contributed by atoms with Crippen molar-refractivity contribution in [1.82, 2.24) is 15.5 Å². The summed E-state index contributed by atoms with van der Waals surface area (Å²) in [6, 6.07) is 13.6. The second-order valence-corrected chi connectivity index (χ2v) is 7.40. The van der Waals surface area contributed by atoms with Crippen LogP contribution in [0, 0.1) is 27.7 Å². The second kappa shape index (κ2) is 8.35. The molecule has 28 heavy (non-hydrogen) atoms. The van der Waals surface area contributed by atoms with Crippen molar-refractivity contribution in [2.24, 2.45) is 0 Å². The number of thiocarbonyl (C=S) groups is 1. The van der Waals surface area contributed by atoms with Crippen LogP contribution in [0.2, 0.25) is 0 Å². The molecule has 0 fully saturated rings. The smallest absolute Gasteiger partial charge is 0.257 e. The fourth-order valence-corrected chi connectivity index (χ4v) is 3.18. The van der Waals surface area contributed by atoms with Gasteiger partial charge >= 0.3 is 0 Å². The van der Waals surface area contributed by atoms with Crippen LogP contribution >= 0.6 is 12.2 Å². The van der Waals surface area contributed by atoms with Gasteiger partial charge in [0, 0.05) is 28.9 Å². The Morgan fingerprint density at radius 1 is 1.04 bits per heavy atom. The third-order valence-electron chi connectivity index (χ3n) is 4.87. The first kappa shape index (κ1) is 19.8. The van der Waals surface area contributed by atoms with E-state index in [1.165, 1.54) is 11.1 Å². The molecule has 6 heteroatoms. The predicted octanol–water partition coefficient (Wildman–Crippen LogP) is 4.36. The number of hydrogen-bond donors (Lipinski definition) is 3. The van der Waals surface area contributed by atoms with Crippen LogP contribution in [0.5, 0.6) is 0 Å². The monoisotopic (exact) mass is 392 g/mol. The van der Waals surface area contributed by atoms with Gasteiger partial charge in [0.05, 0.1) is 5.69 Å². The number of anilines is 1. The maximum Gasteiger partial charge on any atom is 0.257 e. The van der Waals surface area contributed by atoms with Crippen molar-refractivity contribution in [3.05, 3.63) is 81.7 Å². The molecule has 1 aromatic heterocycles. The van der Waals surface area contributed by atoms with Gasteiger partial charge in [-0.3, -0.25) is 15.2 Å². The molecule has 3 aromatic rings. The highest BCUT2D eigenvalue weighted by molar-refractivity contribution is 7.80. The van der Waals surface area contributed by atoms with Gasteiger partial charge in [-0.05, 0) is 80.9 Å². The van der Waals surface area contributed by atoms with E-state index in [1.54, 1.807) is 6.07 Å². The first-order valence-electron chi connectivity index (χ1n) is 9.12. The number of amides is 1. The van der Waals surface area contributed by atoms with Crippen LogP contribution in [-0.4, -0.2) is 21.2 Å². The minimum Gasteiger partial charge on any atom is -0.332 e. The SMILES string of the molecule is Cc1ccc(C(=O)NC(=S)Nc2ccc(Cc3c(C)n[nH]c3C)cc2)cc1C. The number of nitrogens with zero attached hydrogens (tertiary/aromatic N) is 1. The van der Waals surface area contributed by atoms with Crippen LogP contribution in [0.1, 0.15) is 44.0 Å². The summed E-state index contributed by atoms with van der Waals surface area (Å²) in [5, 5.41) is 13.3. The van der Waals surface area contributed by atoms with Gasteiger partial charge in [0.2, 0.25) is 0 Å². The van der Waals surface area contributed by atoms with Crippen LogP contribution in [0.15, 0.2) is 42.5 Å². The summed E-state index contributed by atoms with van der Waals surface area (Å²) in [5.41, 5.74) is 8.16. The third kappa shape index (κ3) is 4.64. The molecule has 0 saturated heterocycles. The zero-order chi connectivity index (χ0) is 20.3. The van der Waals surface area contributed by atoms with Crippen molar-refractivity contribution in [2.75, 3.05) is 5.32 Å².